The summed E-state index contributed by atoms with van der Waals surface area (Å²) < 4.78 is 12.3. The van der Waals surface area contributed by atoms with Crippen molar-refractivity contribution in [1.82, 2.24) is 9.88 Å². The maximum Gasteiger partial charge on any atom is 0.335 e. The zero-order valence-electron chi connectivity index (χ0n) is 20.0. The summed E-state index contributed by atoms with van der Waals surface area (Å²) in [6.07, 6.45) is 9.41. The number of nitrogens with zero attached hydrogens (tertiary/aromatic N) is 1. The quantitative estimate of drug-likeness (QED) is 0.461. The van der Waals surface area contributed by atoms with Crippen molar-refractivity contribution in [3.8, 4) is 5.75 Å². The molecule has 1 saturated carbocycles. The fourth-order valence-corrected chi connectivity index (χ4v) is 5.77. The maximum absolute atomic E-state index is 11.4. The maximum atomic E-state index is 11.4. The molecule has 0 unspecified atom stereocenters. The minimum Gasteiger partial charge on any atom is -0.496 e. The van der Waals surface area contributed by atoms with Gasteiger partial charge in [0.05, 0.1) is 24.9 Å². The van der Waals surface area contributed by atoms with Gasteiger partial charge in [0.1, 0.15) is 5.75 Å². The average molecular weight is 463 g/mol. The first kappa shape index (κ1) is 22.9. The molecule has 6 heteroatoms. The second kappa shape index (κ2) is 9.80. The number of aromatic carboxylic acids is 1. The van der Waals surface area contributed by atoms with Crippen molar-refractivity contribution in [3.63, 3.8) is 0 Å². The van der Waals surface area contributed by atoms with Gasteiger partial charge in [0.2, 0.25) is 0 Å². The molecule has 0 spiro atoms. The van der Waals surface area contributed by atoms with Crippen LogP contribution < -0.4 is 4.74 Å². The number of aryl methyl sites for hydroxylation is 1. The van der Waals surface area contributed by atoms with E-state index in [2.05, 4.69) is 28.9 Å². The van der Waals surface area contributed by atoms with E-state index in [1.165, 1.54) is 42.2 Å². The van der Waals surface area contributed by atoms with Crippen molar-refractivity contribution in [2.45, 2.75) is 70.2 Å². The van der Waals surface area contributed by atoms with E-state index < -0.39 is 5.97 Å². The number of aromatic amines is 1. The number of methoxy groups -OCH3 is 1. The van der Waals surface area contributed by atoms with E-state index in [-0.39, 0.29) is 12.1 Å². The minimum absolute atomic E-state index is 0.156. The molecule has 2 fully saturated rings. The van der Waals surface area contributed by atoms with E-state index in [0.717, 1.165) is 42.8 Å². The van der Waals surface area contributed by atoms with Gasteiger partial charge >= 0.3 is 5.97 Å². The summed E-state index contributed by atoms with van der Waals surface area (Å²) in [5, 5.41) is 10.5. The number of hydrogen-bond acceptors (Lipinski definition) is 4. The second-order valence-electron chi connectivity index (χ2n) is 9.74. The molecule has 1 aromatic heterocycles. The predicted molar refractivity (Wildman–Crippen MR) is 133 cm³/mol. The number of H-pyrrole nitrogens is 1. The molecule has 2 N–H and O–H groups in total. The summed E-state index contributed by atoms with van der Waals surface area (Å²) in [7, 11) is 1.74. The number of carboxylic acids is 1. The van der Waals surface area contributed by atoms with Gasteiger partial charge in [-0.2, -0.15) is 0 Å². The number of carbonyl (C=O) groups is 1. The summed E-state index contributed by atoms with van der Waals surface area (Å²) in [6, 6.07) is 11.8. The van der Waals surface area contributed by atoms with E-state index in [9.17, 15) is 9.90 Å². The number of ether oxygens (including phenoxy) is 2. The lowest BCUT2D eigenvalue weighted by molar-refractivity contribution is -0.0572. The number of fused-ring (bicyclic) bond motifs is 1. The summed E-state index contributed by atoms with van der Waals surface area (Å²) in [5.74, 6) is 0.0163. The smallest absolute Gasteiger partial charge is 0.335 e. The number of carboxylic acid groups (broad SMARTS) is 1. The van der Waals surface area contributed by atoms with Crippen molar-refractivity contribution < 1.29 is 19.4 Å². The average Bonchev–Trinajstić information content (AvgIpc) is 3.54. The summed E-state index contributed by atoms with van der Waals surface area (Å²) in [5.41, 5.74) is 4.97. The first-order valence-electron chi connectivity index (χ1n) is 12.4. The van der Waals surface area contributed by atoms with Crippen molar-refractivity contribution in [3.05, 3.63) is 64.8 Å². The molecule has 2 atom stereocenters. The molecule has 1 aliphatic carbocycles. The Morgan fingerprint density at radius 1 is 1.12 bits per heavy atom. The monoisotopic (exact) mass is 462 g/mol. The van der Waals surface area contributed by atoms with Gasteiger partial charge in [0, 0.05) is 41.8 Å². The van der Waals surface area contributed by atoms with Gasteiger partial charge in [-0.3, -0.25) is 4.90 Å². The lowest BCUT2D eigenvalue weighted by Gasteiger charge is -2.41. The third-order valence-electron chi connectivity index (χ3n) is 7.59. The molecule has 34 heavy (non-hydrogen) atoms. The van der Waals surface area contributed by atoms with Crippen LogP contribution in [0.25, 0.3) is 10.9 Å². The number of rotatable bonds is 7. The van der Waals surface area contributed by atoms with Gasteiger partial charge in [-0.15, -0.1) is 0 Å². The number of aromatic nitrogens is 1. The van der Waals surface area contributed by atoms with Crippen LogP contribution in [0.5, 0.6) is 5.75 Å². The van der Waals surface area contributed by atoms with Crippen LogP contribution in [0.4, 0.5) is 0 Å². The molecule has 180 valence electrons. The lowest BCUT2D eigenvalue weighted by Crippen LogP contribution is -2.40. The van der Waals surface area contributed by atoms with Crippen LogP contribution in [0.3, 0.4) is 0 Å². The molecular weight excluding hydrogens is 428 g/mol. The highest BCUT2D eigenvalue weighted by Gasteiger charge is 2.33. The summed E-state index contributed by atoms with van der Waals surface area (Å²) >= 11 is 0. The highest BCUT2D eigenvalue weighted by atomic mass is 16.5. The van der Waals surface area contributed by atoms with Gasteiger partial charge in [-0.05, 0) is 68.0 Å². The van der Waals surface area contributed by atoms with Crippen LogP contribution in [-0.2, 0) is 11.3 Å². The zero-order valence-corrected chi connectivity index (χ0v) is 20.0. The van der Waals surface area contributed by atoms with E-state index in [1.54, 1.807) is 19.2 Å². The Labute approximate surface area is 200 Å². The van der Waals surface area contributed by atoms with Crippen LogP contribution in [0.1, 0.15) is 71.6 Å². The van der Waals surface area contributed by atoms with Crippen LogP contribution >= 0.6 is 0 Å². The molecule has 5 rings (SSSR count). The molecule has 0 amide bonds. The van der Waals surface area contributed by atoms with Gasteiger partial charge in [-0.1, -0.05) is 25.0 Å². The molecule has 0 radical (unpaired) electrons. The Morgan fingerprint density at radius 2 is 1.88 bits per heavy atom. The number of piperidine rings is 1. The fourth-order valence-electron chi connectivity index (χ4n) is 5.77. The van der Waals surface area contributed by atoms with Crippen molar-refractivity contribution in [2.24, 2.45) is 0 Å². The normalized spacial score (nSPS) is 21.8. The van der Waals surface area contributed by atoms with Crippen LogP contribution in [0.2, 0.25) is 0 Å². The van der Waals surface area contributed by atoms with Crippen LogP contribution in [0, 0.1) is 6.92 Å². The Kier molecular flexibility index (Phi) is 6.61. The molecule has 2 heterocycles. The van der Waals surface area contributed by atoms with Crippen LogP contribution in [0.15, 0.2) is 42.6 Å². The summed E-state index contributed by atoms with van der Waals surface area (Å²) in [6.45, 7) is 3.79. The van der Waals surface area contributed by atoms with E-state index in [4.69, 9.17) is 9.47 Å². The number of nitrogens with one attached hydrogen (secondary N) is 1. The molecule has 0 bridgehead atoms. The Hall–Kier alpha value is -2.83. The molecule has 3 aromatic rings. The van der Waals surface area contributed by atoms with E-state index >= 15 is 0 Å². The zero-order chi connectivity index (χ0) is 23.7. The first-order valence-corrected chi connectivity index (χ1v) is 12.4. The molecule has 2 aromatic carbocycles. The minimum atomic E-state index is -0.895. The standard InChI is InChI=1S/C28H34N2O4/c1-18-15-26(33-2)24(23-11-13-29-27(18)23)17-30-14-12-22(34-21-5-3-4-6-21)16-25(30)19-7-9-20(10-8-19)28(31)32/h7-11,13,15,21-22,25,29H,3-6,12,14,16-17H2,1-2H3,(H,31,32)/t22-,25-/m1/s1. The van der Waals surface area contributed by atoms with Crippen molar-refractivity contribution in [1.29, 1.82) is 0 Å². The molecular formula is C28H34N2O4. The SMILES string of the molecule is COc1cc(C)c2[nH]ccc2c1CN1CC[C@@H](OC2CCCC2)C[C@@H]1c1ccc(C(=O)O)cc1. The molecule has 1 aliphatic heterocycles. The first-order chi connectivity index (χ1) is 16.5. The van der Waals surface area contributed by atoms with Gasteiger partial charge < -0.3 is 19.6 Å². The number of hydrogen-bond donors (Lipinski definition) is 2. The Morgan fingerprint density at radius 3 is 2.59 bits per heavy atom. The fraction of sp³-hybridized carbons (Fsp3) is 0.464. The third kappa shape index (κ3) is 4.57. The van der Waals surface area contributed by atoms with Gasteiger partial charge in [-0.25, -0.2) is 4.79 Å². The lowest BCUT2D eigenvalue weighted by atomic mass is 9.91. The van der Waals surface area contributed by atoms with E-state index in [0.29, 0.717) is 11.7 Å². The Bertz CT molecular complexity index is 1150. The van der Waals surface area contributed by atoms with E-state index in [1.807, 2.05) is 18.3 Å². The van der Waals surface area contributed by atoms with Crippen molar-refractivity contribution >= 4 is 16.9 Å². The largest absolute Gasteiger partial charge is 0.496 e. The number of likely N-dealkylation sites (tertiary alicyclic amines) is 1. The topological polar surface area (TPSA) is 74.8 Å². The third-order valence-corrected chi connectivity index (χ3v) is 7.59. The number of benzene rings is 2. The second-order valence-corrected chi connectivity index (χ2v) is 9.74. The molecule has 6 nitrogen and oxygen atoms in total. The van der Waals surface area contributed by atoms with Gasteiger partial charge in [0.25, 0.3) is 0 Å². The molecule has 1 saturated heterocycles. The van der Waals surface area contributed by atoms with Crippen molar-refractivity contribution in [2.75, 3.05) is 13.7 Å². The highest BCUT2D eigenvalue weighted by molar-refractivity contribution is 5.88. The Balaban J connectivity index is 1.45. The predicted octanol–water partition coefficient (Wildman–Crippen LogP) is 5.85. The highest BCUT2D eigenvalue weighted by Crippen LogP contribution is 2.39. The van der Waals surface area contributed by atoms with Gasteiger partial charge in [0.15, 0.2) is 0 Å². The molecule has 2 aliphatic rings. The van der Waals surface area contributed by atoms with Crippen LogP contribution in [-0.4, -0.2) is 46.8 Å². The summed E-state index contributed by atoms with van der Waals surface area (Å²) in [4.78, 5) is 17.3.